The number of aromatic nitrogens is 1. The van der Waals surface area contributed by atoms with Crippen LogP contribution < -0.4 is 0 Å². The molecule has 6 nitrogen and oxygen atoms in total. The van der Waals surface area contributed by atoms with Crippen LogP contribution in [0.2, 0.25) is 0 Å². The highest BCUT2D eigenvalue weighted by Crippen LogP contribution is 2.44. The number of carboxylic acid groups (broad SMARTS) is 1. The maximum absolute atomic E-state index is 12.9. The van der Waals surface area contributed by atoms with Gasteiger partial charge in [0.15, 0.2) is 0 Å². The molecular weight excluding hydrogens is 392 g/mol. The Morgan fingerprint density at radius 2 is 1.58 bits per heavy atom. The molecule has 1 aliphatic carbocycles. The van der Waals surface area contributed by atoms with E-state index in [0.717, 1.165) is 16.8 Å². The average Bonchev–Trinajstić information content (AvgIpc) is 3.11. The van der Waals surface area contributed by atoms with Crippen LogP contribution in [0.1, 0.15) is 35.6 Å². The van der Waals surface area contributed by atoms with Gasteiger partial charge in [-0.2, -0.15) is 0 Å². The number of aliphatic carboxylic acids is 1. The molecule has 6 heteroatoms. The number of pyridine rings is 1. The van der Waals surface area contributed by atoms with Crippen LogP contribution in [0.25, 0.3) is 11.1 Å². The van der Waals surface area contributed by atoms with Crippen LogP contribution in [0.15, 0.2) is 72.9 Å². The second-order valence-corrected chi connectivity index (χ2v) is 7.54. The van der Waals surface area contributed by atoms with Crippen molar-refractivity contribution in [2.75, 3.05) is 13.2 Å². The van der Waals surface area contributed by atoms with Gasteiger partial charge in [0.2, 0.25) is 0 Å². The number of nitrogens with zero attached hydrogens (tertiary/aromatic N) is 2. The number of hydrogen-bond donors (Lipinski definition) is 1. The van der Waals surface area contributed by atoms with Crippen LogP contribution in [-0.2, 0) is 16.1 Å². The van der Waals surface area contributed by atoms with Crippen molar-refractivity contribution in [2.45, 2.75) is 25.3 Å². The maximum Gasteiger partial charge on any atom is 0.410 e. The third kappa shape index (κ3) is 4.74. The van der Waals surface area contributed by atoms with Gasteiger partial charge in [-0.25, -0.2) is 4.79 Å². The molecule has 1 heterocycles. The molecule has 0 spiro atoms. The average molecular weight is 416 g/mol. The summed E-state index contributed by atoms with van der Waals surface area (Å²) in [4.78, 5) is 29.6. The van der Waals surface area contributed by atoms with Gasteiger partial charge in [0.1, 0.15) is 6.61 Å². The predicted molar refractivity (Wildman–Crippen MR) is 117 cm³/mol. The van der Waals surface area contributed by atoms with Crippen LogP contribution in [0.4, 0.5) is 4.79 Å². The predicted octanol–water partition coefficient (Wildman–Crippen LogP) is 4.70. The molecular formula is C25H24N2O4. The Morgan fingerprint density at radius 1 is 0.935 bits per heavy atom. The highest BCUT2D eigenvalue weighted by molar-refractivity contribution is 5.79. The van der Waals surface area contributed by atoms with E-state index in [1.807, 2.05) is 42.5 Å². The third-order valence-corrected chi connectivity index (χ3v) is 5.49. The summed E-state index contributed by atoms with van der Waals surface area (Å²) >= 11 is 0. The second-order valence-electron chi connectivity index (χ2n) is 7.54. The van der Waals surface area contributed by atoms with E-state index in [0.29, 0.717) is 13.0 Å². The molecule has 158 valence electrons. The summed E-state index contributed by atoms with van der Waals surface area (Å²) in [5.74, 6) is -0.905. The number of rotatable bonds is 8. The number of carbonyl (C=O) groups excluding carboxylic acids is 1. The smallest absolute Gasteiger partial charge is 0.410 e. The van der Waals surface area contributed by atoms with Crippen molar-refractivity contribution in [3.63, 3.8) is 0 Å². The largest absolute Gasteiger partial charge is 0.481 e. The number of carboxylic acids is 1. The minimum Gasteiger partial charge on any atom is -0.481 e. The van der Waals surface area contributed by atoms with E-state index >= 15 is 0 Å². The molecule has 1 N–H and O–H groups in total. The Labute approximate surface area is 181 Å². The first-order chi connectivity index (χ1) is 15.1. The zero-order valence-corrected chi connectivity index (χ0v) is 17.1. The molecule has 0 saturated carbocycles. The molecule has 0 saturated heterocycles. The van der Waals surface area contributed by atoms with Gasteiger partial charge in [-0.1, -0.05) is 54.6 Å². The highest BCUT2D eigenvalue weighted by Gasteiger charge is 2.29. The molecule has 2 aromatic carbocycles. The van der Waals surface area contributed by atoms with Gasteiger partial charge in [0.25, 0.3) is 0 Å². The van der Waals surface area contributed by atoms with Crippen LogP contribution >= 0.6 is 0 Å². The van der Waals surface area contributed by atoms with E-state index in [1.54, 1.807) is 6.20 Å². The fraction of sp³-hybridized carbons (Fsp3) is 0.240. The van der Waals surface area contributed by atoms with E-state index in [1.165, 1.54) is 16.0 Å². The molecule has 0 radical (unpaired) electrons. The molecule has 0 bridgehead atoms. The number of fused-ring (bicyclic) bond motifs is 3. The Kier molecular flexibility index (Phi) is 6.26. The maximum atomic E-state index is 12.9. The summed E-state index contributed by atoms with van der Waals surface area (Å²) < 4.78 is 5.74. The lowest BCUT2D eigenvalue weighted by Crippen LogP contribution is -2.33. The Bertz CT molecular complexity index is 1020. The summed E-state index contributed by atoms with van der Waals surface area (Å²) in [5, 5.41) is 8.94. The topological polar surface area (TPSA) is 79.7 Å². The highest BCUT2D eigenvalue weighted by atomic mass is 16.6. The summed E-state index contributed by atoms with van der Waals surface area (Å²) in [5.41, 5.74) is 5.38. The monoisotopic (exact) mass is 416 g/mol. The molecule has 1 amide bonds. The molecule has 0 aliphatic heterocycles. The summed E-state index contributed by atoms with van der Waals surface area (Å²) in [7, 11) is 0. The molecule has 0 atom stereocenters. The van der Waals surface area contributed by atoms with Crippen molar-refractivity contribution in [3.8, 4) is 11.1 Å². The van der Waals surface area contributed by atoms with Gasteiger partial charge in [-0.3, -0.25) is 9.78 Å². The van der Waals surface area contributed by atoms with E-state index in [-0.39, 0.29) is 25.5 Å². The van der Waals surface area contributed by atoms with E-state index < -0.39 is 12.1 Å². The zero-order valence-electron chi connectivity index (χ0n) is 17.1. The number of ether oxygens (including phenoxy) is 1. The quantitative estimate of drug-likeness (QED) is 0.576. The van der Waals surface area contributed by atoms with Gasteiger partial charge in [-0.05, 0) is 40.8 Å². The number of benzene rings is 2. The van der Waals surface area contributed by atoms with E-state index in [9.17, 15) is 9.59 Å². The lowest BCUT2D eigenvalue weighted by molar-refractivity contribution is -0.137. The molecule has 1 aromatic heterocycles. The molecule has 3 aromatic rings. The Balaban J connectivity index is 1.47. The van der Waals surface area contributed by atoms with Gasteiger partial charge in [0.05, 0.1) is 12.2 Å². The lowest BCUT2D eigenvalue weighted by atomic mass is 9.98. The van der Waals surface area contributed by atoms with Crippen LogP contribution in [0.5, 0.6) is 0 Å². The number of carbonyl (C=O) groups is 2. The zero-order chi connectivity index (χ0) is 21.6. The first-order valence-corrected chi connectivity index (χ1v) is 10.3. The summed E-state index contributed by atoms with van der Waals surface area (Å²) in [6.45, 7) is 0.793. The van der Waals surface area contributed by atoms with Crippen LogP contribution in [-0.4, -0.2) is 40.2 Å². The van der Waals surface area contributed by atoms with Gasteiger partial charge in [0, 0.05) is 25.1 Å². The fourth-order valence-electron chi connectivity index (χ4n) is 4.03. The van der Waals surface area contributed by atoms with Gasteiger partial charge < -0.3 is 14.7 Å². The minimum absolute atomic E-state index is 0.00459. The van der Waals surface area contributed by atoms with Crippen molar-refractivity contribution in [1.82, 2.24) is 9.88 Å². The third-order valence-electron chi connectivity index (χ3n) is 5.49. The Hall–Kier alpha value is -3.67. The second kappa shape index (κ2) is 9.43. The molecule has 0 fully saturated rings. The van der Waals surface area contributed by atoms with Gasteiger partial charge in [-0.15, -0.1) is 0 Å². The van der Waals surface area contributed by atoms with Crippen LogP contribution in [0.3, 0.4) is 0 Å². The first-order valence-electron chi connectivity index (χ1n) is 10.3. The standard InChI is InChI=1S/C25H24N2O4/c28-24(29)13-7-15-27(16-18-8-5-6-14-26-18)25(30)31-17-23-21-11-3-1-9-19(21)20-10-2-4-12-22(20)23/h1-6,8-12,14,23H,7,13,15-17H2,(H,28,29). The first kappa shape index (κ1) is 20.6. The number of amides is 1. The molecule has 4 rings (SSSR count). The van der Waals surface area contributed by atoms with Crippen molar-refractivity contribution in [1.29, 1.82) is 0 Å². The van der Waals surface area contributed by atoms with Crippen molar-refractivity contribution >= 4 is 12.1 Å². The van der Waals surface area contributed by atoms with Crippen LogP contribution in [0, 0.1) is 0 Å². The summed E-state index contributed by atoms with van der Waals surface area (Å²) in [6.07, 6.45) is 1.56. The van der Waals surface area contributed by atoms with Crippen molar-refractivity contribution in [2.24, 2.45) is 0 Å². The Morgan fingerprint density at radius 3 is 2.19 bits per heavy atom. The van der Waals surface area contributed by atoms with E-state index in [4.69, 9.17) is 9.84 Å². The fourth-order valence-corrected chi connectivity index (χ4v) is 4.03. The summed E-state index contributed by atoms with van der Waals surface area (Å²) in [6, 6.07) is 21.9. The van der Waals surface area contributed by atoms with Crippen molar-refractivity contribution in [3.05, 3.63) is 89.7 Å². The normalized spacial score (nSPS) is 12.1. The van der Waals surface area contributed by atoms with Crippen molar-refractivity contribution < 1.29 is 19.4 Å². The molecule has 0 unspecified atom stereocenters. The number of hydrogen-bond acceptors (Lipinski definition) is 4. The van der Waals surface area contributed by atoms with Gasteiger partial charge >= 0.3 is 12.1 Å². The molecule has 31 heavy (non-hydrogen) atoms. The lowest BCUT2D eigenvalue weighted by Gasteiger charge is -2.23. The molecule has 1 aliphatic rings. The SMILES string of the molecule is O=C(O)CCCN(Cc1ccccn1)C(=O)OCC1c2ccccc2-c2ccccc21. The minimum atomic E-state index is -0.884. The van der Waals surface area contributed by atoms with E-state index in [2.05, 4.69) is 29.2 Å².